The van der Waals surface area contributed by atoms with Gasteiger partial charge in [0.25, 0.3) is 5.69 Å². The summed E-state index contributed by atoms with van der Waals surface area (Å²) in [4.78, 5) is 15.0. The van der Waals surface area contributed by atoms with Gasteiger partial charge < -0.3 is 10.1 Å². The second-order valence-electron chi connectivity index (χ2n) is 9.69. The van der Waals surface area contributed by atoms with Crippen molar-refractivity contribution in [3.63, 3.8) is 0 Å². The standard InChI is InChI=1S/C32H27N3O3/c36-35(37)26-16-8-23(9-17-26)21-38-27-18-10-22(11-19-27)20-33-25-14-12-24(13-15-25)32-30-6-3-5-28(30)29-4-1-2-7-31(29)34-32/h1-5,7-20,28,30,32,34H,6,21H2/t28-,30-,32+/m1/s1. The lowest BCUT2D eigenvalue weighted by atomic mass is 9.77. The molecular formula is C32H27N3O3. The van der Waals surface area contributed by atoms with Gasteiger partial charge in [0.15, 0.2) is 0 Å². The van der Waals surface area contributed by atoms with Crippen LogP contribution >= 0.6 is 0 Å². The number of fused-ring (bicyclic) bond motifs is 3. The molecule has 4 aromatic carbocycles. The number of allylic oxidation sites excluding steroid dienone is 2. The fraction of sp³-hybridized carbons (Fsp3) is 0.156. The van der Waals surface area contributed by atoms with Crippen LogP contribution in [0.4, 0.5) is 17.1 Å². The molecule has 1 aliphatic heterocycles. The van der Waals surface area contributed by atoms with Crippen molar-refractivity contribution in [1.29, 1.82) is 0 Å². The number of benzene rings is 4. The Morgan fingerprint density at radius 3 is 2.47 bits per heavy atom. The van der Waals surface area contributed by atoms with Crippen molar-refractivity contribution in [3.05, 3.63) is 142 Å². The maximum absolute atomic E-state index is 10.8. The van der Waals surface area contributed by atoms with Gasteiger partial charge in [0.2, 0.25) is 0 Å². The minimum atomic E-state index is -0.408. The third kappa shape index (κ3) is 4.93. The van der Waals surface area contributed by atoms with Crippen LogP contribution in [0, 0.1) is 16.0 Å². The molecule has 188 valence electrons. The van der Waals surface area contributed by atoms with Crippen molar-refractivity contribution in [2.75, 3.05) is 5.32 Å². The van der Waals surface area contributed by atoms with E-state index < -0.39 is 4.92 Å². The molecule has 0 bridgehead atoms. The monoisotopic (exact) mass is 501 g/mol. The van der Waals surface area contributed by atoms with E-state index in [1.807, 2.05) is 30.5 Å². The summed E-state index contributed by atoms with van der Waals surface area (Å²) in [7, 11) is 0. The number of non-ortho nitro benzene ring substituents is 1. The Morgan fingerprint density at radius 2 is 1.71 bits per heavy atom. The Labute approximate surface area is 221 Å². The van der Waals surface area contributed by atoms with Crippen molar-refractivity contribution >= 4 is 23.3 Å². The first-order valence-corrected chi connectivity index (χ1v) is 12.8. The highest BCUT2D eigenvalue weighted by atomic mass is 16.6. The minimum absolute atomic E-state index is 0.0724. The van der Waals surface area contributed by atoms with E-state index in [9.17, 15) is 10.1 Å². The number of hydrogen-bond donors (Lipinski definition) is 1. The van der Waals surface area contributed by atoms with Crippen LogP contribution < -0.4 is 10.1 Å². The molecule has 6 nitrogen and oxygen atoms in total. The number of nitrogens with zero attached hydrogens (tertiary/aromatic N) is 2. The second kappa shape index (κ2) is 10.3. The number of ether oxygens (including phenoxy) is 1. The molecule has 0 aromatic heterocycles. The first-order valence-electron chi connectivity index (χ1n) is 12.8. The first kappa shape index (κ1) is 23.7. The molecule has 0 unspecified atom stereocenters. The van der Waals surface area contributed by atoms with Crippen LogP contribution in [0.2, 0.25) is 0 Å². The molecule has 0 saturated carbocycles. The summed E-state index contributed by atoms with van der Waals surface area (Å²) >= 11 is 0. The molecule has 0 amide bonds. The fourth-order valence-corrected chi connectivity index (χ4v) is 5.32. The molecular weight excluding hydrogens is 474 g/mol. The number of nitrogens with one attached hydrogen (secondary N) is 1. The lowest BCUT2D eigenvalue weighted by molar-refractivity contribution is -0.384. The molecule has 0 radical (unpaired) electrons. The molecule has 1 heterocycles. The van der Waals surface area contributed by atoms with Gasteiger partial charge in [-0.1, -0.05) is 42.5 Å². The summed E-state index contributed by atoms with van der Waals surface area (Å²) in [6.45, 7) is 0.344. The number of nitro groups is 1. The smallest absolute Gasteiger partial charge is 0.269 e. The van der Waals surface area contributed by atoms with Gasteiger partial charge in [0.1, 0.15) is 12.4 Å². The minimum Gasteiger partial charge on any atom is -0.489 e. The Morgan fingerprint density at radius 1 is 0.947 bits per heavy atom. The number of para-hydroxylation sites is 1. The van der Waals surface area contributed by atoms with Crippen molar-refractivity contribution in [2.45, 2.75) is 25.0 Å². The molecule has 1 N–H and O–H groups in total. The van der Waals surface area contributed by atoms with Gasteiger partial charge >= 0.3 is 0 Å². The maximum Gasteiger partial charge on any atom is 0.269 e. The highest BCUT2D eigenvalue weighted by Crippen LogP contribution is 2.49. The summed E-state index contributed by atoms with van der Waals surface area (Å²) in [5.74, 6) is 1.72. The van der Waals surface area contributed by atoms with Crippen LogP contribution in [0.5, 0.6) is 5.75 Å². The Kier molecular flexibility index (Phi) is 6.44. The first-order chi connectivity index (χ1) is 18.6. The van der Waals surface area contributed by atoms with Crippen molar-refractivity contribution in [3.8, 4) is 5.75 Å². The predicted molar refractivity (Wildman–Crippen MR) is 150 cm³/mol. The molecule has 4 aromatic rings. The summed E-state index contributed by atoms with van der Waals surface area (Å²) < 4.78 is 5.81. The topological polar surface area (TPSA) is 76.8 Å². The SMILES string of the molecule is O=[N+]([O-])c1ccc(COc2ccc(C=Nc3ccc([C@@H]4Nc5ccccc5[C@H]5C=CC[C@H]54)cc3)cc2)cc1. The summed E-state index contributed by atoms with van der Waals surface area (Å²) in [6.07, 6.45) is 7.62. The quantitative estimate of drug-likeness (QED) is 0.122. The van der Waals surface area contributed by atoms with Crippen molar-refractivity contribution in [1.82, 2.24) is 0 Å². The molecule has 0 saturated heterocycles. The summed E-state index contributed by atoms with van der Waals surface area (Å²) in [5.41, 5.74) is 6.73. The normalized spacial score (nSPS) is 19.5. The Hall–Kier alpha value is -4.71. The molecule has 0 spiro atoms. The van der Waals surface area contributed by atoms with E-state index in [0.29, 0.717) is 18.4 Å². The van der Waals surface area contributed by atoms with E-state index in [1.54, 1.807) is 12.1 Å². The molecule has 38 heavy (non-hydrogen) atoms. The zero-order chi connectivity index (χ0) is 25.9. The van der Waals surface area contributed by atoms with Crippen LogP contribution in [-0.4, -0.2) is 11.1 Å². The number of aliphatic imine (C=N–C) groups is 1. The molecule has 6 heteroatoms. The highest BCUT2D eigenvalue weighted by Gasteiger charge is 2.37. The number of rotatable bonds is 7. The molecule has 3 atom stereocenters. The van der Waals surface area contributed by atoms with Gasteiger partial charge in [-0.3, -0.25) is 15.1 Å². The zero-order valence-corrected chi connectivity index (χ0v) is 20.7. The molecule has 1 aliphatic carbocycles. The largest absolute Gasteiger partial charge is 0.489 e. The third-order valence-electron chi connectivity index (χ3n) is 7.32. The maximum atomic E-state index is 10.8. The highest BCUT2D eigenvalue weighted by molar-refractivity contribution is 5.82. The van der Waals surface area contributed by atoms with Gasteiger partial charge in [-0.15, -0.1) is 0 Å². The predicted octanol–water partition coefficient (Wildman–Crippen LogP) is 7.75. The lowest BCUT2D eigenvalue weighted by Gasteiger charge is -2.37. The zero-order valence-electron chi connectivity index (χ0n) is 20.7. The fourth-order valence-electron chi connectivity index (χ4n) is 5.32. The molecule has 0 fully saturated rings. The van der Waals surface area contributed by atoms with Gasteiger partial charge in [0.05, 0.1) is 16.7 Å². The molecule has 2 aliphatic rings. The van der Waals surface area contributed by atoms with Crippen LogP contribution in [0.25, 0.3) is 0 Å². The van der Waals surface area contributed by atoms with Crippen LogP contribution in [0.1, 0.15) is 40.6 Å². The average molecular weight is 502 g/mol. The Bertz CT molecular complexity index is 1490. The van der Waals surface area contributed by atoms with Gasteiger partial charge in [0, 0.05) is 30.0 Å². The van der Waals surface area contributed by atoms with Crippen molar-refractivity contribution < 1.29 is 9.66 Å². The van der Waals surface area contributed by atoms with E-state index in [1.165, 1.54) is 28.9 Å². The van der Waals surface area contributed by atoms with Gasteiger partial charge in [-0.25, -0.2) is 0 Å². The van der Waals surface area contributed by atoms with Crippen molar-refractivity contribution in [2.24, 2.45) is 10.9 Å². The van der Waals surface area contributed by atoms with Crippen LogP contribution in [0.15, 0.2) is 114 Å². The van der Waals surface area contributed by atoms with E-state index >= 15 is 0 Å². The van der Waals surface area contributed by atoms with E-state index in [4.69, 9.17) is 4.74 Å². The summed E-state index contributed by atoms with van der Waals surface area (Å²) in [5, 5.41) is 14.6. The van der Waals surface area contributed by atoms with E-state index in [-0.39, 0.29) is 11.7 Å². The third-order valence-corrected chi connectivity index (χ3v) is 7.32. The Balaban J connectivity index is 1.07. The molecule has 6 rings (SSSR count). The van der Waals surface area contributed by atoms with Crippen LogP contribution in [0.3, 0.4) is 0 Å². The number of nitro benzene ring substituents is 1. The van der Waals surface area contributed by atoms with Gasteiger partial charge in [-0.05, 0) is 89.2 Å². The van der Waals surface area contributed by atoms with E-state index in [2.05, 4.69) is 71.0 Å². The number of hydrogen-bond acceptors (Lipinski definition) is 5. The second-order valence-corrected chi connectivity index (χ2v) is 9.69. The average Bonchev–Trinajstić information content (AvgIpc) is 3.46. The van der Waals surface area contributed by atoms with Gasteiger partial charge in [-0.2, -0.15) is 0 Å². The lowest BCUT2D eigenvalue weighted by Crippen LogP contribution is -2.28. The number of anilines is 1. The summed E-state index contributed by atoms with van der Waals surface area (Å²) in [6, 6.07) is 31.5. The van der Waals surface area contributed by atoms with E-state index in [0.717, 1.165) is 29.0 Å². The van der Waals surface area contributed by atoms with Crippen LogP contribution in [-0.2, 0) is 6.61 Å².